The van der Waals surface area contributed by atoms with Gasteiger partial charge in [-0.25, -0.2) is 4.98 Å². The number of piperazine rings is 1. The predicted octanol–water partition coefficient (Wildman–Crippen LogP) is 3.61. The fourth-order valence-corrected chi connectivity index (χ4v) is 4.55. The second-order valence-corrected chi connectivity index (χ2v) is 9.48. The summed E-state index contributed by atoms with van der Waals surface area (Å²) < 4.78 is 0. The molecule has 0 atom stereocenters. The maximum atomic E-state index is 12.8. The van der Waals surface area contributed by atoms with Gasteiger partial charge in [-0.05, 0) is 34.2 Å². The maximum absolute atomic E-state index is 12.8. The molecule has 0 spiro atoms. The molecule has 7 heteroatoms. The first-order chi connectivity index (χ1) is 16.1. The number of thioether (sulfide) groups is 1. The van der Waals surface area contributed by atoms with Crippen LogP contribution in [0.5, 0.6) is 0 Å². The van der Waals surface area contributed by atoms with Gasteiger partial charge in [0.2, 0.25) is 5.91 Å². The lowest BCUT2D eigenvalue weighted by molar-refractivity contribution is -0.130. The number of pyridine rings is 1. The molecule has 0 radical (unpaired) electrons. The van der Waals surface area contributed by atoms with Crippen molar-refractivity contribution in [1.29, 1.82) is 0 Å². The van der Waals surface area contributed by atoms with Crippen molar-refractivity contribution in [1.82, 2.24) is 15.2 Å². The number of carbonyl (C=O) groups is 2. The molecular formula is C26H30N4O2S. The molecule has 1 aromatic heterocycles. The minimum Gasteiger partial charge on any atom is -0.353 e. The highest BCUT2D eigenvalue weighted by Gasteiger charge is 2.22. The highest BCUT2D eigenvalue weighted by Crippen LogP contribution is 2.18. The van der Waals surface area contributed by atoms with E-state index in [0.29, 0.717) is 31.6 Å². The molecule has 1 N–H and O–H groups in total. The lowest BCUT2D eigenvalue weighted by Gasteiger charge is -2.35. The second-order valence-electron chi connectivity index (χ2n) is 8.08. The highest BCUT2D eigenvalue weighted by atomic mass is 32.2. The van der Waals surface area contributed by atoms with E-state index in [2.05, 4.69) is 46.4 Å². The van der Waals surface area contributed by atoms with Crippen molar-refractivity contribution >= 4 is 40.2 Å². The van der Waals surface area contributed by atoms with E-state index in [1.807, 2.05) is 35.2 Å². The number of hydrogen-bond acceptors (Lipinski definition) is 5. The SMILES string of the molecule is CCSCCNC(=O)c1ccc(N2CCN(C(=O)Cc3ccc4ccccc4c3)CC2)nc1. The average molecular weight is 463 g/mol. The van der Waals surface area contributed by atoms with Gasteiger partial charge in [0.15, 0.2) is 0 Å². The van der Waals surface area contributed by atoms with Gasteiger partial charge in [0, 0.05) is 44.7 Å². The van der Waals surface area contributed by atoms with Gasteiger partial charge in [-0.3, -0.25) is 9.59 Å². The number of benzene rings is 2. The van der Waals surface area contributed by atoms with Gasteiger partial charge in [-0.1, -0.05) is 49.4 Å². The van der Waals surface area contributed by atoms with E-state index in [-0.39, 0.29) is 11.8 Å². The van der Waals surface area contributed by atoms with Gasteiger partial charge < -0.3 is 15.1 Å². The van der Waals surface area contributed by atoms with Crippen molar-refractivity contribution in [2.75, 3.05) is 49.1 Å². The smallest absolute Gasteiger partial charge is 0.252 e. The Bertz CT molecular complexity index is 1090. The lowest BCUT2D eigenvalue weighted by atomic mass is 10.0. The van der Waals surface area contributed by atoms with Crippen molar-refractivity contribution in [3.8, 4) is 0 Å². The summed E-state index contributed by atoms with van der Waals surface area (Å²) in [5, 5.41) is 5.27. The van der Waals surface area contributed by atoms with Gasteiger partial charge in [0.1, 0.15) is 5.82 Å². The zero-order chi connectivity index (χ0) is 23.0. The van der Waals surface area contributed by atoms with E-state index in [9.17, 15) is 9.59 Å². The van der Waals surface area contributed by atoms with E-state index in [0.717, 1.165) is 41.4 Å². The van der Waals surface area contributed by atoms with Gasteiger partial charge in [-0.15, -0.1) is 0 Å². The molecule has 172 valence electrons. The molecule has 3 aromatic rings. The van der Waals surface area contributed by atoms with E-state index < -0.39 is 0 Å². The zero-order valence-electron chi connectivity index (χ0n) is 19.0. The highest BCUT2D eigenvalue weighted by molar-refractivity contribution is 7.99. The Morgan fingerprint density at radius 3 is 2.52 bits per heavy atom. The van der Waals surface area contributed by atoms with Crippen molar-refractivity contribution < 1.29 is 9.59 Å². The summed E-state index contributed by atoms with van der Waals surface area (Å²) in [5.74, 6) is 2.88. The van der Waals surface area contributed by atoms with Crippen molar-refractivity contribution in [2.45, 2.75) is 13.3 Å². The summed E-state index contributed by atoms with van der Waals surface area (Å²) in [6, 6.07) is 18.1. The average Bonchev–Trinajstić information content (AvgIpc) is 2.86. The number of anilines is 1. The van der Waals surface area contributed by atoms with Crippen LogP contribution in [-0.4, -0.2) is 65.9 Å². The number of rotatable bonds is 8. The zero-order valence-corrected chi connectivity index (χ0v) is 19.8. The largest absolute Gasteiger partial charge is 0.353 e. The number of hydrogen-bond donors (Lipinski definition) is 1. The Morgan fingerprint density at radius 1 is 1.00 bits per heavy atom. The summed E-state index contributed by atoms with van der Waals surface area (Å²) >= 11 is 1.80. The van der Waals surface area contributed by atoms with Crippen molar-refractivity contribution in [3.05, 3.63) is 71.9 Å². The van der Waals surface area contributed by atoms with Crippen LogP contribution < -0.4 is 10.2 Å². The number of amides is 2. The summed E-state index contributed by atoms with van der Waals surface area (Å²) in [6.45, 7) is 5.58. The fraction of sp³-hybridized carbons (Fsp3) is 0.346. The Labute approximate surface area is 199 Å². The molecule has 1 aliphatic rings. The van der Waals surface area contributed by atoms with Crippen LogP contribution in [0.15, 0.2) is 60.8 Å². The summed E-state index contributed by atoms with van der Waals surface area (Å²) in [5.41, 5.74) is 1.62. The van der Waals surface area contributed by atoms with Crippen LogP contribution in [0, 0.1) is 0 Å². The van der Waals surface area contributed by atoms with Crippen molar-refractivity contribution in [3.63, 3.8) is 0 Å². The molecule has 0 saturated carbocycles. The molecule has 4 rings (SSSR count). The molecule has 0 bridgehead atoms. The van der Waals surface area contributed by atoms with Crippen LogP contribution in [0.1, 0.15) is 22.8 Å². The Balaban J connectivity index is 1.27. The molecule has 0 aliphatic carbocycles. The van der Waals surface area contributed by atoms with Crippen LogP contribution in [0.3, 0.4) is 0 Å². The lowest BCUT2D eigenvalue weighted by Crippen LogP contribution is -2.49. The van der Waals surface area contributed by atoms with Crippen LogP contribution in [-0.2, 0) is 11.2 Å². The third-order valence-corrected chi connectivity index (χ3v) is 6.77. The van der Waals surface area contributed by atoms with Gasteiger partial charge in [-0.2, -0.15) is 11.8 Å². The van der Waals surface area contributed by atoms with Gasteiger partial charge >= 0.3 is 0 Å². The molecule has 1 aliphatic heterocycles. The molecule has 2 aromatic carbocycles. The Hall–Kier alpha value is -3.06. The second kappa shape index (κ2) is 11.2. The summed E-state index contributed by atoms with van der Waals surface area (Å²) in [4.78, 5) is 33.6. The molecular weight excluding hydrogens is 432 g/mol. The fourth-order valence-electron chi connectivity index (χ4n) is 4.01. The first-order valence-corrected chi connectivity index (χ1v) is 12.6. The first-order valence-electron chi connectivity index (χ1n) is 11.5. The number of fused-ring (bicyclic) bond motifs is 1. The predicted molar refractivity (Wildman–Crippen MR) is 136 cm³/mol. The third kappa shape index (κ3) is 6.05. The number of aromatic nitrogens is 1. The van der Waals surface area contributed by atoms with Crippen LogP contribution in [0.2, 0.25) is 0 Å². The molecule has 2 heterocycles. The van der Waals surface area contributed by atoms with Crippen molar-refractivity contribution in [2.24, 2.45) is 0 Å². The standard InChI is InChI=1S/C26H30N4O2S/c1-2-33-16-11-27-26(32)23-9-10-24(28-19-23)29-12-14-30(15-13-29)25(31)18-20-7-8-21-5-3-4-6-22(21)17-20/h3-10,17,19H,2,11-16,18H2,1H3,(H,27,32). The molecule has 1 fully saturated rings. The van der Waals surface area contributed by atoms with Crippen LogP contribution in [0.4, 0.5) is 5.82 Å². The van der Waals surface area contributed by atoms with E-state index in [4.69, 9.17) is 0 Å². The molecule has 6 nitrogen and oxygen atoms in total. The third-order valence-electron chi connectivity index (χ3n) is 5.87. The minimum absolute atomic E-state index is 0.0881. The van der Waals surface area contributed by atoms with E-state index >= 15 is 0 Å². The van der Waals surface area contributed by atoms with E-state index in [1.165, 1.54) is 5.39 Å². The van der Waals surface area contributed by atoms with E-state index in [1.54, 1.807) is 18.0 Å². The Kier molecular flexibility index (Phi) is 7.83. The van der Waals surface area contributed by atoms with Gasteiger partial charge in [0.25, 0.3) is 5.91 Å². The minimum atomic E-state index is -0.0881. The quantitative estimate of drug-likeness (QED) is 0.518. The van der Waals surface area contributed by atoms with Gasteiger partial charge in [0.05, 0.1) is 12.0 Å². The van der Waals surface area contributed by atoms with Crippen LogP contribution >= 0.6 is 11.8 Å². The monoisotopic (exact) mass is 462 g/mol. The molecule has 2 amide bonds. The summed E-state index contributed by atoms with van der Waals surface area (Å²) in [6.07, 6.45) is 2.05. The number of carbonyl (C=O) groups excluding carboxylic acids is 2. The topological polar surface area (TPSA) is 65.5 Å². The molecule has 0 unspecified atom stereocenters. The summed E-state index contributed by atoms with van der Waals surface area (Å²) in [7, 11) is 0. The maximum Gasteiger partial charge on any atom is 0.252 e. The number of nitrogens with one attached hydrogen (secondary N) is 1. The molecule has 33 heavy (non-hydrogen) atoms. The first kappa shape index (κ1) is 23.1. The van der Waals surface area contributed by atoms with Crippen LogP contribution in [0.25, 0.3) is 10.8 Å². The molecule has 1 saturated heterocycles. The number of nitrogens with zero attached hydrogens (tertiary/aromatic N) is 3. The normalized spacial score (nSPS) is 13.8. The Morgan fingerprint density at radius 2 is 1.79 bits per heavy atom.